The molecule has 0 bridgehead atoms. The first-order valence-corrected chi connectivity index (χ1v) is 6.83. The summed E-state index contributed by atoms with van der Waals surface area (Å²) in [5, 5.41) is 3.45. The highest BCUT2D eigenvalue weighted by Crippen LogP contribution is 2.28. The average molecular weight is 239 g/mol. The van der Waals surface area contributed by atoms with Crippen molar-refractivity contribution in [1.29, 1.82) is 0 Å². The summed E-state index contributed by atoms with van der Waals surface area (Å²) in [6.07, 6.45) is 4.07. The van der Waals surface area contributed by atoms with Gasteiger partial charge in [-0.05, 0) is 58.9 Å². The van der Waals surface area contributed by atoms with Crippen LogP contribution in [0.4, 0.5) is 0 Å². The van der Waals surface area contributed by atoms with Crippen LogP contribution in [-0.4, -0.2) is 62.0 Å². The van der Waals surface area contributed by atoms with Gasteiger partial charge in [-0.2, -0.15) is 0 Å². The topological polar surface area (TPSA) is 35.6 Å². The molecule has 2 unspecified atom stereocenters. The fourth-order valence-electron chi connectivity index (χ4n) is 3.10. The molecule has 0 aromatic carbocycles. The molecule has 2 fully saturated rings. The SMILES string of the molecule is CN(C)CCCN1C(=O)CCC2CNCCC21. The summed E-state index contributed by atoms with van der Waals surface area (Å²) in [6, 6.07) is 0.514. The Morgan fingerprint density at radius 2 is 2.24 bits per heavy atom. The summed E-state index contributed by atoms with van der Waals surface area (Å²) in [5.41, 5.74) is 0. The van der Waals surface area contributed by atoms with Gasteiger partial charge < -0.3 is 15.1 Å². The maximum Gasteiger partial charge on any atom is 0.222 e. The first kappa shape index (κ1) is 12.8. The van der Waals surface area contributed by atoms with Crippen molar-refractivity contribution < 1.29 is 4.79 Å². The maximum atomic E-state index is 12.0. The average Bonchev–Trinajstić information content (AvgIpc) is 2.32. The zero-order chi connectivity index (χ0) is 12.3. The zero-order valence-electron chi connectivity index (χ0n) is 11.1. The molecule has 0 saturated carbocycles. The van der Waals surface area contributed by atoms with Gasteiger partial charge in [0.2, 0.25) is 5.91 Å². The molecule has 0 aromatic heterocycles. The number of carbonyl (C=O) groups is 1. The van der Waals surface area contributed by atoms with Crippen molar-refractivity contribution in [1.82, 2.24) is 15.1 Å². The van der Waals surface area contributed by atoms with Gasteiger partial charge in [0, 0.05) is 19.0 Å². The summed E-state index contributed by atoms with van der Waals surface area (Å²) in [6.45, 7) is 4.18. The van der Waals surface area contributed by atoms with Crippen LogP contribution in [-0.2, 0) is 4.79 Å². The molecule has 17 heavy (non-hydrogen) atoms. The molecular weight excluding hydrogens is 214 g/mol. The molecule has 2 aliphatic heterocycles. The highest BCUT2D eigenvalue weighted by atomic mass is 16.2. The second kappa shape index (κ2) is 5.83. The number of carbonyl (C=O) groups excluding carboxylic acids is 1. The van der Waals surface area contributed by atoms with Gasteiger partial charge in [0.25, 0.3) is 0 Å². The monoisotopic (exact) mass is 239 g/mol. The lowest BCUT2D eigenvalue weighted by Gasteiger charge is -2.44. The third kappa shape index (κ3) is 3.19. The number of fused-ring (bicyclic) bond motifs is 1. The Morgan fingerprint density at radius 1 is 1.41 bits per heavy atom. The van der Waals surface area contributed by atoms with Crippen LogP contribution in [0.15, 0.2) is 0 Å². The normalized spacial score (nSPS) is 29.6. The van der Waals surface area contributed by atoms with E-state index < -0.39 is 0 Å². The predicted octanol–water partition coefficient (Wildman–Crippen LogP) is 0.539. The standard InChI is InChI=1S/C13H25N3O/c1-15(2)8-3-9-16-12-6-7-14-10-11(12)4-5-13(16)17/h11-12,14H,3-10H2,1-2H3. The molecule has 1 amide bonds. The van der Waals surface area contributed by atoms with Crippen molar-refractivity contribution in [2.75, 3.05) is 40.3 Å². The summed E-state index contributed by atoms with van der Waals surface area (Å²) in [4.78, 5) is 16.4. The van der Waals surface area contributed by atoms with Crippen LogP contribution < -0.4 is 5.32 Å². The maximum absolute atomic E-state index is 12.0. The minimum atomic E-state index is 0.381. The Kier molecular flexibility index (Phi) is 4.40. The van der Waals surface area contributed by atoms with Gasteiger partial charge in [0.05, 0.1) is 0 Å². The lowest BCUT2D eigenvalue weighted by molar-refractivity contribution is -0.139. The second-order valence-corrected chi connectivity index (χ2v) is 5.60. The lowest BCUT2D eigenvalue weighted by Crippen LogP contribution is -2.55. The summed E-state index contributed by atoms with van der Waals surface area (Å²) in [7, 11) is 4.18. The van der Waals surface area contributed by atoms with Crippen molar-refractivity contribution in [2.24, 2.45) is 5.92 Å². The van der Waals surface area contributed by atoms with Gasteiger partial charge in [0.1, 0.15) is 0 Å². The van der Waals surface area contributed by atoms with E-state index in [9.17, 15) is 4.79 Å². The molecule has 2 aliphatic rings. The van der Waals surface area contributed by atoms with E-state index in [4.69, 9.17) is 0 Å². The van der Waals surface area contributed by atoms with Crippen LogP contribution in [0.1, 0.15) is 25.7 Å². The second-order valence-electron chi connectivity index (χ2n) is 5.60. The molecular formula is C13H25N3O. The molecule has 2 saturated heterocycles. The van der Waals surface area contributed by atoms with E-state index in [-0.39, 0.29) is 0 Å². The first-order valence-electron chi connectivity index (χ1n) is 6.83. The molecule has 2 rings (SSSR count). The van der Waals surface area contributed by atoms with Gasteiger partial charge in [-0.1, -0.05) is 0 Å². The number of amides is 1. The fourth-order valence-corrected chi connectivity index (χ4v) is 3.10. The van der Waals surface area contributed by atoms with Crippen molar-refractivity contribution >= 4 is 5.91 Å². The highest BCUT2D eigenvalue weighted by molar-refractivity contribution is 5.77. The van der Waals surface area contributed by atoms with Crippen molar-refractivity contribution in [2.45, 2.75) is 31.7 Å². The third-order valence-electron chi connectivity index (χ3n) is 4.02. The molecule has 0 aliphatic carbocycles. The molecule has 0 radical (unpaired) electrons. The summed E-state index contributed by atoms with van der Waals surface area (Å²) < 4.78 is 0. The minimum Gasteiger partial charge on any atom is -0.339 e. The van der Waals surface area contributed by atoms with Crippen LogP contribution >= 0.6 is 0 Å². The molecule has 2 atom stereocenters. The Labute approximate surface area is 104 Å². The quantitative estimate of drug-likeness (QED) is 0.778. The molecule has 4 heteroatoms. The first-order chi connectivity index (χ1) is 8.18. The molecule has 4 nitrogen and oxygen atoms in total. The number of likely N-dealkylation sites (tertiary alicyclic amines) is 1. The fraction of sp³-hybridized carbons (Fsp3) is 0.923. The summed E-state index contributed by atoms with van der Waals surface area (Å²) in [5.74, 6) is 1.08. The van der Waals surface area contributed by atoms with Crippen LogP contribution in [0.25, 0.3) is 0 Å². The van der Waals surface area contributed by atoms with E-state index in [1.54, 1.807) is 0 Å². The van der Waals surface area contributed by atoms with Gasteiger partial charge >= 0.3 is 0 Å². The van der Waals surface area contributed by atoms with E-state index in [2.05, 4.69) is 29.2 Å². The number of nitrogens with zero attached hydrogens (tertiary/aromatic N) is 2. The number of hydrogen-bond acceptors (Lipinski definition) is 3. The van der Waals surface area contributed by atoms with Crippen LogP contribution in [0.2, 0.25) is 0 Å². The van der Waals surface area contributed by atoms with Gasteiger partial charge in [-0.15, -0.1) is 0 Å². The van der Waals surface area contributed by atoms with Gasteiger partial charge in [-0.25, -0.2) is 0 Å². The van der Waals surface area contributed by atoms with Crippen LogP contribution in [0.3, 0.4) is 0 Å². The van der Waals surface area contributed by atoms with E-state index in [1.165, 1.54) is 0 Å². The van der Waals surface area contributed by atoms with Gasteiger partial charge in [0.15, 0.2) is 0 Å². The Bertz CT molecular complexity index is 267. The summed E-state index contributed by atoms with van der Waals surface area (Å²) >= 11 is 0. The minimum absolute atomic E-state index is 0.381. The van der Waals surface area contributed by atoms with Crippen molar-refractivity contribution in [3.8, 4) is 0 Å². The third-order valence-corrected chi connectivity index (χ3v) is 4.02. The van der Waals surface area contributed by atoms with Gasteiger partial charge in [-0.3, -0.25) is 4.79 Å². The Hall–Kier alpha value is -0.610. The van der Waals surface area contributed by atoms with Crippen LogP contribution in [0.5, 0.6) is 0 Å². The molecule has 98 valence electrons. The molecule has 0 spiro atoms. The number of rotatable bonds is 4. The van der Waals surface area contributed by atoms with Crippen LogP contribution in [0, 0.1) is 5.92 Å². The number of piperidine rings is 2. The largest absolute Gasteiger partial charge is 0.339 e. The number of nitrogens with one attached hydrogen (secondary N) is 1. The predicted molar refractivity (Wildman–Crippen MR) is 68.9 cm³/mol. The Balaban J connectivity index is 1.89. The van der Waals surface area contributed by atoms with Crippen molar-refractivity contribution in [3.63, 3.8) is 0 Å². The molecule has 1 N–H and O–H groups in total. The van der Waals surface area contributed by atoms with E-state index in [0.717, 1.165) is 51.9 Å². The van der Waals surface area contributed by atoms with E-state index in [0.29, 0.717) is 17.9 Å². The smallest absolute Gasteiger partial charge is 0.222 e. The highest BCUT2D eigenvalue weighted by Gasteiger charge is 2.36. The number of hydrogen-bond donors (Lipinski definition) is 1. The molecule has 0 aromatic rings. The van der Waals surface area contributed by atoms with E-state index >= 15 is 0 Å². The van der Waals surface area contributed by atoms with Crippen molar-refractivity contribution in [3.05, 3.63) is 0 Å². The molecule has 2 heterocycles. The zero-order valence-corrected chi connectivity index (χ0v) is 11.1. The van der Waals surface area contributed by atoms with E-state index in [1.807, 2.05) is 0 Å². The lowest BCUT2D eigenvalue weighted by atomic mass is 9.84. The Morgan fingerprint density at radius 3 is 3.00 bits per heavy atom.